The van der Waals surface area contributed by atoms with Crippen molar-refractivity contribution in [3.05, 3.63) is 71.2 Å². The molecule has 35 heavy (non-hydrogen) atoms. The van der Waals surface area contributed by atoms with Gasteiger partial charge in [-0.25, -0.2) is 9.67 Å². The Morgan fingerprint density at radius 2 is 1.60 bits per heavy atom. The fourth-order valence-corrected chi connectivity index (χ4v) is 3.64. The summed E-state index contributed by atoms with van der Waals surface area (Å²) in [5.74, 6) is 2.90. The number of oxazole rings is 1. The molecule has 9 heteroatoms. The summed E-state index contributed by atoms with van der Waals surface area (Å²) in [6.45, 7) is 10.2. The highest BCUT2D eigenvalue weighted by atomic mass is 16.5. The molecule has 0 unspecified atom stereocenters. The molecule has 0 aliphatic heterocycles. The van der Waals surface area contributed by atoms with Gasteiger partial charge in [0.05, 0.1) is 18.3 Å². The second kappa shape index (κ2) is 9.17. The van der Waals surface area contributed by atoms with Crippen LogP contribution in [0.4, 0.5) is 0 Å². The molecule has 0 atom stereocenters. The first-order valence-electron chi connectivity index (χ1n) is 11.4. The van der Waals surface area contributed by atoms with Gasteiger partial charge in [-0.1, -0.05) is 28.1 Å². The van der Waals surface area contributed by atoms with Crippen molar-refractivity contribution >= 4 is 0 Å². The molecule has 9 nitrogen and oxygen atoms in total. The molecule has 3 aromatic heterocycles. The Morgan fingerprint density at radius 1 is 0.886 bits per heavy atom. The van der Waals surface area contributed by atoms with Gasteiger partial charge in [0.2, 0.25) is 11.7 Å². The average molecular weight is 471 g/mol. The first-order chi connectivity index (χ1) is 16.9. The number of benzene rings is 2. The van der Waals surface area contributed by atoms with Gasteiger partial charge in [0.1, 0.15) is 17.2 Å². The van der Waals surface area contributed by atoms with Crippen LogP contribution >= 0.6 is 0 Å². The van der Waals surface area contributed by atoms with Gasteiger partial charge < -0.3 is 13.7 Å². The number of hydrogen-bond donors (Lipinski definition) is 0. The second-order valence-corrected chi connectivity index (χ2v) is 8.68. The van der Waals surface area contributed by atoms with Crippen LogP contribution in [0.2, 0.25) is 0 Å². The molecule has 0 amide bonds. The van der Waals surface area contributed by atoms with Crippen LogP contribution in [0.3, 0.4) is 0 Å². The summed E-state index contributed by atoms with van der Waals surface area (Å²) in [6.07, 6.45) is 0.110. The largest absolute Gasteiger partial charge is 0.491 e. The molecule has 0 saturated heterocycles. The first kappa shape index (κ1) is 22.5. The highest BCUT2D eigenvalue weighted by Crippen LogP contribution is 2.26. The van der Waals surface area contributed by atoms with Crippen molar-refractivity contribution in [1.82, 2.24) is 30.1 Å². The molecule has 5 rings (SSSR count). The molecule has 2 aromatic carbocycles. The number of rotatable bonds is 7. The van der Waals surface area contributed by atoms with E-state index in [-0.39, 0.29) is 6.10 Å². The molecule has 178 valence electrons. The van der Waals surface area contributed by atoms with Gasteiger partial charge in [-0.15, -0.1) is 5.10 Å². The van der Waals surface area contributed by atoms with E-state index in [0.29, 0.717) is 29.8 Å². The van der Waals surface area contributed by atoms with Crippen molar-refractivity contribution in [3.8, 4) is 40.2 Å². The van der Waals surface area contributed by atoms with Crippen molar-refractivity contribution in [3.63, 3.8) is 0 Å². The molecule has 0 fully saturated rings. The van der Waals surface area contributed by atoms with Gasteiger partial charge in [-0.05, 0) is 71.0 Å². The predicted molar refractivity (Wildman–Crippen MR) is 130 cm³/mol. The number of aromatic nitrogens is 6. The zero-order valence-corrected chi connectivity index (χ0v) is 20.3. The Hall–Kier alpha value is -4.27. The van der Waals surface area contributed by atoms with Crippen molar-refractivity contribution < 1.29 is 13.7 Å². The van der Waals surface area contributed by atoms with Crippen LogP contribution in [0.15, 0.2) is 57.5 Å². The molecule has 0 radical (unpaired) electrons. The molecule has 5 aromatic rings. The van der Waals surface area contributed by atoms with E-state index in [1.165, 1.54) is 5.56 Å². The third-order valence-electron chi connectivity index (χ3n) is 5.59. The Labute approximate surface area is 202 Å². The van der Waals surface area contributed by atoms with Crippen LogP contribution in [0.25, 0.3) is 34.4 Å². The Kier molecular flexibility index (Phi) is 5.90. The zero-order chi connectivity index (χ0) is 24.5. The van der Waals surface area contributed by atoms with Crippen molar-refractivity contribution in [2.45, 2.75) is 47.3 Å². The number of nitrogens with zero attached hydrogens (tertiary/aromatic N) is 6. The minimum Gasteiger partial charge on any atom is -0.491 e. The summed E-state index contributed by atoms with van der Waals surface area (Å²) in [6, 6.07) is 15.6. The van der Waals surface area contributed by atoms with E-state index >= 15 is 0 Å². The molecule has 0 saturated carbocycles. The van der Waals surface area contributed by atoms with Gasteiger partial charge >= 0.3 is 0 Å². The zero-order valence-electron chi connectivity index (χ0n) is 20.3. The Balaban J connectivity index is 1.35. The third kappa shape index (κ3) is 4.70. The van der Waals surface area contributed by atoms with E-state index < -0.39 is 0 Å². The number of hydrogen-bond acceptors (Lipinski definition) is 8. The van der Waals surface area contributed by atoms with E-state index in [0.717, 1.165) is 34.0 Å². The van der Waals surface area contributed by atoms with Crippen molar-refractivity contribution in [2.75, 3.05) is 0 Å². The molecule has 0 N–H and O–H groups in total. The molecule has 0 aliphatic carbocycles. The van der Waals surface area contributed by atoms with Gasteiger partial charge in [0.15, 0.2) is 5.69 Å². The molecular formula is C26H26N6O3. The molecule has 3 heterocycles. The maximum atomic E-state index is 5.90. The monoisotopic (exact) mass is 470 g/mol. The second-order valence-electron chi connectivity index (χ2n) is 8.68. The van der Waals surface area contributed by atoms with Crippen LogP contribution in [0.5, 0.6) is 5.75 Å². The Bertz CT molecular complexity index is 1450. The van der Waals surface area contributed by atoms with Crippen LogP contribution in [0.1, 0.15) is 36.6 Å². The van der Waals surface area contributed by atoms with E-state index in [9.17, 15) is 0 Å². The van der Waals surface area contributed by atoms with E-state index in [1.807, 2.05) is 83.1 Å². The van der Waals surface area contributed by atoms with E-state index in [4.69, 9.17) is 13.7 Å². The molecule has 0 bridgehead atoms. The minimum absolute atomic E-state index is 0.110. The summed E-state index contributed by atoms with van der Waals surface area (Å²) in [5, 5.41) is 12.7. The van der Waals surface area contributed by atoms with Gasteiger partial charge in [-0.2, -0.15) is 4.98 Å². The standard InChI is InChI=1S/C26H26N6O3/c1-15(2)33-21-12-10-19(11-13-21)24-28-26(35-30-24)23-17(4)32(31-29-23)14-22-18(5)34-25(27-22)20-8-6-16(3)7-9-20/h6-13,15H,14H2,1-5H3. The normalized spacial score (nSPS) is 11.4. The van der Waals surface area contributed by atoms with Gasteiger partial charge in [-0.3, -0.25) is 0 Å². The molecule has 0 aliphatic rings. The highest BCUT2D eigenvalue weighted by Gasteiger charge is 2.20. The first-order valence-corrected chi connectivity index (χ1v) is 11.4. The van der Waals surface area contributed by atoms with Crippen LogP contribution < -0.4 is 4.74 Å². The predicted octanol–water partition coefficient (Wildman–Crippen LogP) is 5.41. The summed E-state index contributed by atoms with van der Waals surface area (Å²) < 4.78 is 18.8. The van der Waals surface area contributed by atoms with Crippen LogP contribution in [0, 0.1) is 20.8 Å². The van der Waals surface area contributed by atoms with E-state index in [2.05, 4.69) is 25.4 Å². The quantitative estimate of drug-likeness (QED) is 0.311. The maximum Gasteiger partial charge on any atom is 0.280 e. The van der Waals surface area contributed by atoms with Crippen molar-refractivity contribution in [1.29, 1.82) is 0 Å². The lowest BCUT2D eigenvalue weighted by Gasteiger charge is -2.09. The fraction of sp³-hybridized carbons (Fsp3) is 0.269. The summed E-state index contributed by atoms with van der Waals surface area (Å²) in [5.41, 5.74) is 5.05. The smallest absolute Gasteiger partial charge is 0.280 e. The lowest BCUT2D eigenvalue weighted by Crippen LogP contribution is -2.05. The lowest BCUT2D eigenvalue weighted by molar-refractivity contribution is 0.242. The number of aryl methyl sites for hydroxylation is 2. The fourth-order valence-electron chi connectivity index (χ4n) is 3.64. The van der Waals surface area contributed by atoms with Crippen LogP contribution in [-0.2, 0) is 6.54 Å². The summed E-state index contributed by atoms with van der Waals surface area (Å²) in [7, 11) is 0. The third-order valence-corrected chi connectivity index (χ3v) is 5.59. The SMILES string of the molecule is Cc1ccc(-c2nc(Cn3nnc(-c4nc(-c5ccc(OC(C)C)cc5)no4)c3C)c(C)o2)cc1. The molecular weight excluding hydrogens is 444 g/mol. The topological polar surface area (TPSA) is 105 Å². The van der Waals surface area contributed by atoms with E-state index in [1.54, 1.807) is 4.68 Å². The maximum absolute atomic E-state index is 5.90. The summed E-state index contributed by atoms with van der Waals surface area (Å²) in [4.78, 5) is 9.20. The van der Waals surface area contributed by atoms with Gasteiger partial charge in [0.25, 0.3) is 5.89 Å². The number of ether oxygens (including phenoxy) is 1. The molecule has 0 spiro atoms. The Morgan fingerprint density at radius 3 is 2.31 bits per heavy atom. The van der Waals surface area contributed by atoms with Gasteiger partial charge in [0, 0.05) is 11.1 Å². The average Bonchev–Trinajstić information content (AvgIpc) is 3.55. The highest BCUT2D eigenvalue weighted by molar-refractivity contribution is 5.59. The minimum atomic E-state index is 0.110. The lowest BCUT2D eigenvalue weighted by atomic mass is 10.1. The van der Waals surface area contributed by atoms with Crippen LogP contribution in [-0.4, -0.2) is 36.2 Å². The van der Waals surface area contributed by atoms with Crippen molar-refractivity contribution in [2.24, 2.45) is 0 Å². The summed E-state index contributed by atoms with van der Waals surface area (Å²) >= 11 is 0.